The minimum atomic E-state index is -4.09. The average molecular weight is 412 g/mol. The summed E-state index contributed by atoms with van der Waals surface area (Å²) in [6.45, 7) is 1.65. The van der Waals surface area contributed by atoms with Crippen LogP contribution in [0, 0.1) is 6.92 Å². The number of nitrogens with one attached hydrogen (secondary N) is 1. The van der Waals surface area contributed by atoms with Crippen LogP contribution in [0.15, 0.2) is 65.7 Å². The third-order valence-corrected chi connectivity index (χ3v) is 5.62. The molecular formula is C21H20N2O5S. The molecule has 1 aromatic heterocycles. The van der Waals surface area contributed by atoms with E-state index in [1.165, 1.54) is 32.5 Å². The van der Waals surface area contributed by atoms with Crippen LogP contribution in [-0.2, 0) is 14.8 Å². The molecule has 0 spiro atoms. The van der Waals surface area contributed by atoms with Gasteiger partial charge in [-0.1, -0.05) is 30.3 Å². The van der Waals surface area contributed by atoms with Gasteiger partial charge in [-0.2, -0.15) is 0 Å². The molecule has 0 bridgehead atoms. The van der Waals surface area contributed by atoms with Crippen LogP contribution in [0.1, 0.15) is 15.9 Å². The fourth-order valence-corrected chi connectivity index (χ4v) is 4.20. The molecule has 3 rings (SSSR count). The number of methoxy groups -OCH3 is 2. The number of carbonyl (C=O) groups excluding carboxylic acids is 1. The third-order valence-electron chi connectivity index (χ3n) is 4.26. The van der Waals surface area contributed by atoms with Crippen LogP contribution in [0.4, 0.5) is 5.82 Å². The first-order valence-electron chi connectivity index (χ1n) is 8.67. The van der Waals surface area contributed by atoms with E-state index in [1.54, 1.807) is 19.1 Å². The number of esters is 1. The molecule has 2 aromatic carbocycles. The molecule has 0 aliphatic carbocycles. The summed E-state index contributed by atoms with van der Waals surface area (Å²) in [7, 11) is -1.49. The summed E-state index contributed by atoms with van der Waals surface area (Å²) in [5.41, 5.74) is 2.33. The van der Waals surface area contributed by atoms with Crippen LogP contribution in [-0.4, -0.2) is 33.6 Å². The van der Waals surface area contributed by atoms with Gasteiger partial charge in [0.15, 0.2) is 0 Å². The van der Waals surface area contributed by atoms with Gasteiger partial charge >= 0.3 is 5.97 Å². The third kappa shape index (κ3) is 4.38. The maximum atomic E-state index is 13.1. The lowest BCUT2D eigenvalue weighted by atomic mass is 10.1. The number of aromatic nitrogens is 1. The Labute approximate surface area is 169 Å². The fraction of sp³-hybridized carbons (Fsp3) is 0.143. The Morgan fingerprint density at radius 1 is 1.00 bits per heavy atom. The van der Waals surface area contributed by atoms with Crippen molar-refractivity contribution in [3.05, 3.63) is 71.9 Å². The number of ether oxygens (including phenoxy) is 2. The number of nitrogens with zero attached hydrogens (tertiary/aromatic N) is 1. The van der Waals surface area contributed by atoms with Gasteiger partial charge in [0.1, 0.15) is 16.5 Å². The highest BCUT2D eigenvalue weighted by atomic mass is 32.2. The molecule has 0 radical (unpaired) electrons. The lowest BCUT2D eigenvalue weighted by Gasteiger charge is -2.15. The maximum Gasteiger partial charge on any atom is 0.337 e. The first-order valence-corrected chi connectivity index (χ1v) is 10.2. The van der Waals surface area contributed by atoms with Crippen molar-refractivity contribution in [1.82, 2.24) is 4.98 Å². The number of carbonyl (C=O) groups is 1. The summed E-state index contributed by atoms with van der Waals surface area (Å²) in [6.07, 6.45) is 1.52. The van der Waals surface area contributed by atoms with Crippen molar-refractivity contribution in [3.63, 3.8) is 0 Å². The second-order valence-electron chi connectivity index (χ2n) is 6.22. The number of sulfonamides is 1. The maximum absolute atomic E-state index is 13.1. The van der Waals surface area contributed by atoms with Crippen LogP contribution >= 0.6 is 0 Å². The summed E-state index contributed by atoms with van der Waals surface area (Å²) in [5.74, 6) is -0.352. The molecule has 1 N–H and O–H groups in total. The number of pyridine rings is 1. The fourth-order valence-electron chi connectivity index (χ4n) is 2.93. The second-order valence-corrected chi connectivity index (χ2v) is 7.87. The molecule has 0 saturated heterocycles. The van der Waals surface area contributed by atoms with Crippen LogP contribution < -0.4 is 9.46 Å². The zero-order chi connectivity index (χ0) is 21.0. The van der Waals surface area contributed by atoms with Crippen LogP contribution in [0.5, 0.6) is 5.75 Å². The van der Waals surface area contributed by atoms with E-state index in [4.69, 9.17) is 9.47 Å². The number of benzene rings is 2. The molecule has 1 heterocycles. The van der Waals surface area contributed by atoms with Crippen molar-refractivity contribution in [2.24, 2.45) is 0 Å². The molecule has 0 fully saturated rings. The van der Waals surface area contributed by atoms with Gasteiger partial charge in [0.2, 0.25) is 0 Å². The minimum Gasteiger partial charge on any atom is -0.495 e. The van der Waals surface area contributed by atoms with E-state index in [1.807, 2.05) is 30.3 Å². The highest BCUT2D eigenvalue weighted by Gasteiger charge is 2.24. The van der Waals surface area contributed by atoms with Crippen molar-refractivity contribution in [3.8, 4) is 16.9 Å². The molecule has 150 valence electrons. The average Bonchev–Trinajstić information content (AvgIpc) is 2.73. The molecule has 0 saturated carbocycles. The summed E-state index contributed by atoms with van der Waals surface area (Å²) >= 11 is 0. The summed E-state index contributed by atoms with van der Waals surface area (Å²) < 4.78 is 38.6. The van der Waals surface area contributed by atoms with E-state index >= 15 is 0 Å². The molecule has 0 unspecified atom stereocenters. The molecule has 0 atom stereocenters. The molecule has 29 heavy (non-hydrogen) atoms. The lowest BCUT2D eigenvalue weighted by Crippen LogP contribution is -2.16. The minimum absolute atomic E-state index is 0.108. The predicted molar refractivity (Wildman–Crippen MR) is 110 cm³/mol. The van der Waals surface area contributed by atoms with E-state index in [0.29, 0.717) is 5.56 Å². The predicted octanol–water partition coefficient (Wildman–Crippen LogP) is 3.65. The monoisotopic (exact) mass is 412 g/mol. The molecule has 0 aliphatic heterocycles. The largest absolute Gasteiger partial charge is 0.495 e. The Balaban J connectivity index is 2.02. The van der Waals surface area contributed by atoms with E-state index in [-0.39, 0.29) is 22.0 Å². The van der Waals surface area contributed by atoms with Gasteiger partial charge in [-0.3, -0.25) is 4.72 Å². The van der Waals surface area contributed by atoms with E-state index in [9.17, 15) is 13.2 Å². The summed E-state index contributed by atoms with van der Waals surface area (Å²) in [6, 6.07) is 15.7. The summed E-state index contributed by atoms with van der Waals surface area (Å²) in [4.78, 5) is 15.8. The Hall–Kier alpha value is -3.39. The van der Waals surface area contributed by atoms with Gasteiger partial charge in [0.05, 0.1) is 19.8 Å². The molecule has 3 aromatic rings. The Morgan fingerprint density at radius 2 is 1.72 bits per heavy atom. The standard InChI is InChI=1S/C21H20N2O5S/c1-14-11-17(21(24)28-3)12-18(20(14)27-2)29(25,26)23-19-13-16(9-10-22-19)15-7-5-4-6-8-15/h4-13H,1-3H3,(H,22,23). The highest BCUT2D eigenvalue weighted by molar-refractivity contribution is 7.92. The molecular weight excluding hydrogens is 392 g/mol. The Bertz CT molecular complexity index is 1140. The van der Waals surface area contributed by atoms with E-state index in [0.717, 1.165) is 11.1 Å². The van der Waals surface area contributed by atoms with Gasteiger partial charge < -0.3 is 9.47 Å². The molecule has 0 amide bonds. The zero-order valence-electron chi connectivity index (χ0n) is 16.2. The molecule has 0 aliphatic rings. The lowest BCUT2D eigenvalue weighted by molar-refractivity contribution is 0.0600. The van der Waals surface area contributed by atoms with Gasteiger partial charge in [-0.15, -0.1) is 0 Å². The van der Waals surface area contributed by atoms with Crippen molar-refractivity contribution >= 4 is 21.8 Å². The van der Waals surface area contributed by atoms with Gasteiger partial charge in [-0.25, -0.2) is 18.2 Å². The van der Waals surface area contributed by atoms with E-state index in [2.05, 4.69) is 9.71 Å². The smallest absolute Gasteiger partial charge is 0.337 e. The summed E-state index contributed by atoms with van der Waals surface area (Å²) in [5, 5.41) is 0. The number of hydrogen-bond donors (Lipinski definition) is 1. The zero-order valence-corrected chi connectivity index (χ0v) is 17.0. The van der Waals surface area contributed by atoms with E-state index < -0.39 is 16.0 Å². The first kappa shape index (κ1) is 20.3. The Kier molecular flexibility index (Phi) is 5.84. The SMILES string of the molecule is COC(=O)c1cc(C)c(OC)c(S(=O)(=O)Nc2cc(-c3ccccc3)ccn2)c1. The highest BCUT2D eigenvalue weighted by Crippen LogP contribution is 2.31. The van der Waals surface area contributed by atoms with Crippen molar-refractivity contribution in [2.75, 3.05) is 18.9 Å². The number of hydrogen-bond acceptors (Lipinski definition) is 6. The molecule has 8 heteroatoms. The van der Waals surface area contributed by atoms with Gasteiger partial charge in [0.25, 0.3) is 10.0 Å². The van der Waals surface area contributed by atoms with Crippen LogP contribution in [0.25, 0.3) is 11.1 Å². The van der Waals surface area contributed by atoms with Crippen molar-refractivity contribution < 1.29 is 22.7 Å². The normalized spacial score (nSPS) is 11.0. The van der Waals surface area contributed by atoms with Crippen LogP contribution in [0.3, 0.4) is 0 Å². The van der Waals surface area contributed by atoms with Crippen LogP contribution in [0.2, 0.25) is 0 Å². The van der Waals surface area contributed by atoms with Gasteiger partial charge in [-0.05, 0) is 47.9 Å². The topological polar surface area (TPSA) is 94.6 Å². The first-order chi connectivity index (χ1) is 13.9. The Morgan fingerprint density at radius 3 is 2.38 bits per heavy atom. The quantitative estimate of drug-likeness (QED) is 0.621. The molecule has 7 nitrogen and oxygen atoms in total. The number of aryl methyl sites for hydroxylation is 1. The second kappa shape index (κ2) is 8.32. The number of anilines is 1. The van der Waals surface area contributed by atoms with Crippen molar-refractivity contribution in [2.45, 2.75) is 11.8 Å². The number of rotatable bonds is 6. The van der Waals surface area contributed by atoms with Crippen molar-refractivity contribution in [1.29, 1.82) is 0 Å². The van der Waals surface area contributed by atoms with Gasteiger partial charge in [0, 0.05) is 6.20 Å².